The van der Waals surface area contributed by atoms with E-state index in [4.69, 9.17) is 18.4 Å². The topological polar surface area (TPSA) is 132 Å². The molecule has 0 amide bonds. The summed E-state index contributed by atoms with van der Waals surface area (Å²) < 4.78 is 51.4. The van der Waals surface area contributed by atoms with Gasteiger partial charge in [0, 0.05) is 43.4 Å². The highest BCUT2D eigenvalue weighted by molar-refractivity contribution is 7.93. The lowest BCUT2D eigenvalue weighted by atomic mass is 9.97. The van der Waals surface area contributed by atoms with Gasteiger partial charge in [0.05, 0.1) is 30.0 Å². The van der Waals surface area contributed by atoms with E-state index in [1.807, 2.05) is 31.3 Å². The van der Waals surface area contributed by atoms with Crippen LogP contribution in [0, 0.1) is 13.8 Å². The highest BCUT2D eigenvalue weighted by Crippen LogP contribution is 2.36. The molecule has 2 N–H and O–H groups in total. The van der Waals surface area contributed by atoms with Gasteiger partial charge in [-0.15, -0.1) is 0 Å². The number of likely N-dealkylation sites (N-methyl/N-ethyl adjacent to an activating group) is 1. The van der Waals surface area contributed by atoms with Crippen LogP contribution in [0.1, 0.15) is 16.8 Å². The smallest absolute Gasteiger partial charge is 0.269 e. The van der Waals surface area contributed by atoms with E-state index in [9.17, 15) is 8.42 Å². The fraction of sp³-hybridized carbons (Fsp3) is 0.357. The van der Waals surface area contributed by atoms with Crippen molar-refractivity contribution in [2.45, 2.75) is 25.3 Å². The monoisotopic (exact) mass is 569 g/mol. The van der Waals surface area contributed by atoms with Gasteiger partial charge < -0.3 is 29.0 Å². The molecule has 0 aliphatic carbocycles. The Labute approximate surface area is 234 Å². The second-order valence-electron chi connectivity index (χ2n) is 9.07. The SMILES string of the molecule is CNCCNCc1cc(-c2ncco2)ccc1-c1ccccc1S(=O)(=O)N(COCCOC)c1onc(C)c1C. The maximum Gasteiger partial charge on any atom is 0.269 e. The molecule has 0 atom stereocenters. The van der Waals surface area contributed by atoms with Crippen LogP contribution < -0.4 is 14.9 Å². The molecule has 0 fully saturated rings. The number of hydrogen-bond acceptors (Lipinski definition) is 10. The van der Waals surface area contributed by atoms with Crippen molar-refractivity contribution in [3.8, 4) is 22.6 Å². The van der Waals surface area contributed by atoms with E-state index >= 15 is 0 Å². The summed E-state index contributed by atoms with van der Waals surface area (Å²) in [6, 6.07) is 12.6. The molecule has 4 rings (SSSR count). The molecule has 40 heavy (non-hydrogen) atoms. The van der Waals surface area contributed by atoms with Gasteiger partial charge in [0.25, 0.3) is 10.0 Å². The number of sulfonamides is 1. The Bertz CT molecular complexity index is 1490. The standard InChI is InChI=1S/C28H35N5O6S/c1-20-21(2)32-39-28(20)33(19-37-16-15-36-4)40(34,35)26-8-6-5-7-25(26)24-10-9-22(27-31-13-14-38-27)17-23(24)18-30-12-11-29-3/h5-10,13-14,17,29-30H,11-12,15-16,18-19H2,1-4H3. The van der Waals surface area contributed by atoms with Gasteiger partial charge in [0.1, 0.15) is 13.0 Å². The lowest BCUT2D eigenvalue weighted by Crippen LogP contribution is -2.34. The predicted octanol–water partition coefficient (Wildman–Crippen LogP) is 3.74. The lowest BCUT2D eigenvalue weighted by molar-refractivity contribution is 0.0744. The summed E-state index contributed by atoms with van der Waals surface area (Å²) in [5.41, 5.74) is 4.20. The molecule has 0 saturated carbocycles. The fourth-order valence-electron chi connectivity index (χ4n) is 4.13. The minimum Gasteiger partial charge on any atom is -0.445 e. The number of oxazole rings is 1. The van der Waals surface area contributed by atoms with Crippen LogP contribution >= 0.6 is 0 Å². The number of benzene rings is 2. The maximum atomic E-state index is 14.3. The first-order valence-corrected chi connectivity index (χ1v) is 14.3. The summed E-state index contributed by atoms with van der Waals surface area (Å²) in [6.45, 7) is 5.81. The Hall–Kier alpha value is -3.55. The van der Waals surface area contributed by atoms with Crippen LogP contribution in [0.5, 0.6) is 0 Å². The Morgan fingerprint density at radius 1 is 1.05 bits per heavy atom. The number of ether oxygens (including phenoxy) is 2. The number of nitrogens with one attached hydrogen (secondary N) is 2. The highest BCUT2D eigenvalue weighted by atomic mass is 32.2. The molecule has 11 nitrogen and oxygen atoms in total. The number of anilines is 1. The van der Waals surface area contributed by atoms with Gasteiger partial charge in [-0.3, -0.25) is 0 Å². The zero-order chi connectivity index (χ0) is 28.5. The summed E-state index contributed by atoms with van der Waals surface area (Å²) in [5.74, 6) is 0.595. The third-order valence-corrected chi connectivity index (χ3v) is 8.16. The van der Waals surface area contributed by atoms with Gasteiger partial charge >= 0.3 is 0 Å². The number of methoxy groups -OCH3 is 1. The van der Waals surface area contributed by atoms with E-state index in [-0.39, 0.29) is 24.1 Å². The van der Waals surface area contributed by atoms with Crippen molar-refractivity contribution in [2.24, 2.45) is 0 Å². The van der Waals surface area contributed by atoms with Crippen LogP contribution in [0.2, 0.25) is 0 Å². The van der Waals surface area contributed by atoms with Crippen molar-refractivity contribution in [3.63, 3.8) is 0 Å². The third kappa shape index (κ3) is 6.60. The van der Waals surface area contributed by atoms with Crippen LogP contribution in [-0.4, -0.2) is 65.8 Å². The zero-order valence-corrected chi connectivity index (χ0v) is 24.0. The normalized spacial score (nSPS) is 11.7. The lowest BCUT2D eigenvalue weighted by Gasteiger charge is -2.24. The van der Waals surface area contributed by atoms with Gasteiger partial charge in [-0.05, 0) is 50.2 Å². The van der Waals surface area contributed by atoms with Crippen LogP contribution in [0.25, 0.3) is 22.6 Å². The Kier molecular flexibility index (Phi) is 10.1. The molecule has 2 aromatic carbocycles. The van der Waals surface area contributed by atoms with Crippen molar-refractivity contribution in [2.75, 3.05) is 51.5 Å². The minimum absolute atomic E-state index is 0.109. The van der Waals surface area contributed by atoms with E-state index in [1.165, 1.54) is 6.26 Å². The van der Waals surface area contributed by atoms with Crippen molar-refractivity contribution >= 4 is 15.9 Å². The van der Waals surface area contributed by atoms with E-state index in [0.29, 0.717) is 35.9 Å². The van der Waals surface area contributed by atoms with Crippen LogP contribution in [0.4, 0.5) is 5.88 Å². The van der Waals surface area contributed by atoms with Gasteiger partial charge in [0.15, 0.2) is 0 Å². The summed E-state index contributed by atoms with van der Waals surface area (Å²) in [5, 5.41) is 10.5. The van der Waals surface area contributed by atoms with Crippen LogP contribution in [0.15, 0.2) is 68.8 Å². The molecule has 0 unspecified atom stereocenters. The quantitative estimate of drug-likeness (QED) is 0.161. The van der Waals surface area contributed by atoms with E-state index < -0.39 is 10.0 Å². The largest absolute Gasteiger partial charge is 0.445 e. The Morgan fingerprint density at radius 3 is 2.58 bits per heavy atom. The van der Waals surface area contributed by atoms with Crippen LogP contribution in [0.3, 0.4) is 0 Å². The molecule has 214 valence electrons. The van der Waals surface area contributed by atoms with Crippen molar-refractivity contribution in [1.82, 2.24) is 20.8 Å². The van der Waals surface area contributed by atoms with Gasteiger partial charge in [0.2, 0.25) is 11.8 Å². The molecule has 4 aromatic rings. The first-order chi connectivity index (χ1) is 19.4. The Balaban J connectivity index is 1.79. The summed E-state index contributed by atoms with van der Waals surface area (Å²) in [4.78, 5) is 4.38. The Morgan fingerprint density at radius 2 is 1.88 bits per heavy atom. The predicted molar refractivity (Wildman–Crippen MR) is 151 cm³/mol. The molecule has 0 spiro atoms. The molecule has 2 heterocycles. The number of aromatic nitrogens is 2. The number of aryl methyl sites for hydroxylation is 1. The molecule has 0 bridgehead atoms. The second-order valence-corrected chi connectivity index (χ2v) is 10.9. The van der Waals surface area contributed by atoms with E-state index in [1.54, 1.807) is 45.4 Å². The molecule has 2 aromatic heterocycles. The van der Waals surface area contributed by atoms with Crippen LogP contribution in [-0.2, 0) is 26.0 Å². The van der Waals surface area contributed by atoms with E-state index in [2.05, 4.69) is 20.8 Å². The van der Waals surface area contributed by atoms with Gasteiger partial charge in [-0.25, -0.2) is 17.7 Å². The average Bonchev–Trinajstić information content (AvgIpc) is 3.62. The van der Waals surface area contributed by atoms with Crippen molar-refractivity contribution < 1.29 is 26.8 Å². The van der Waals surface area contributed by atoms with Gasteiger partial charge in [-0.1, -0.05) is 29.4 Å². The maximum absolute atomic E-state index is 14.3. The molecule has 0 aliphatic rings. The summed E-state index contributed by atoms with van der Waals surface area (Å²) in [6.07, 6.45) is 3.11. The second kappa shape index (κ2) is 13.7. The van der Waals surface area contributed by atoms with Crippen molar-refractivity contribution in [3.05, 3.63) is 71.7 Å². The molecule has 12 heteroatoms. The van der Waals surface area contributed by atoms with Crippen molar-refractivity contribution in [1.29, 1.82) is 0 Å². The minimum atomic E-state index is -4.16. The number of rotatable bonds is 15. The molecule has 0 saturated heterocycles. The summed E-state index contributed by atoms with van der Waals surface area (Å²) in [7, 11) is -0.715. The average molecular weight is 570 g/mol. The first kappa shape index (κ1) is 29.4. The first-order valence-electron chi connectivity index (χ1n) is 12.9. The molecule has 0 aliphatic heterocycles. The fourth-order valence-corrected chi connectivity index (χ4v) is 5.68. The third-order valence-electron chi connectivity index (χ3n) is 6.40. The zero-order valence-electron chi connectivity index (χ0n) is 23.1. The number of nitrogens with zero attached hydrogens (tertiary/aromatic N) is 3. The summed E-state index contributed by atoms with van der Waals surface area (Å²) >= 11 is 0. The molecular formula is C28H35N5O6S. The highest BCUT2D eigenvalue weighted by Gasteiger charge is 2.32. The number of hydrogen-bond donors (Lipinski definition) is 2. The van der Waals surface area contributed by atoms with E-state index in [0.717, 1.165) is 34.1 Å². The molecular weight excluding hydrogens is 534 g/mol. The van der Waals surface area contributed by atoms with Gasteiger partial charge in [-0.2, -0.15) is 0 Å². The molecule has 0 radical (unpaired) electrons.